The average Bonchev–Trinajstić information content (AvgIpc) is 2.80. The van der Waals surface area contributed by atoms with Gasteiger partial charge in [-0.05, 0) is 12.1 Å². The molecule has 0 aliphatic carbocycles. The van der Waals surface area contributed by atoms with Gasteiger partial charge in [0, 0.05) is 24.5 Å². The molecule has 16 heavy (non-hydrogen) atoms. The molecule has 2 heterocycles. The first-order chi connectivity index (χ1) is 7.75. The number of carbonyl (C=O) groups excluding carboxylic acids is 1. The van der Waals surface area contributed by atoms with Crippen LogP contribution in [0, 0.1) is 0 Å². The van der Waals surface area contributed by atoms with E-state index in [0.717, 1.165) is 5.56 Å². The first-order valence-corrected chi connectivity index (χ1v) is 4.73. The molecule has 1 amide bonds. The van der Waals surface area contributed by atoms with E-state index in [1.54, 1.807) is 24.5 Å². The van der Waals surface area contributed by atoms with Crippen molar-refractivity contribution in [1.82, 2.24) is 15.2 Å². The van der Waals surface area contributed by atoms with E-state index in [0.29, 0.717) is 17.9 Å². The Morgan fingerprint density at radius 3 is 2.88 bits per heavy atom. The number of H-pyrrole nitrogens is 1. The van der Waals surface area contributed by atoms with Crippen LogP contribution in [0.1, 0.15) is 15.9 Å². The van der Waals surface area contributed by atoms with Crippen LogP contribution in [0.4, 0.5) is 5.82 Å². The number of hydrogen-bond donors (Lipinski definition) is 3. The monoisotopic (exact) mass is 217 g/mol. The van der Waals surface area contributed by atoms with E-state index in [2.05, 4.69) is 20.5 Å². The molecular weight excluding hydrogens is 206 g/mol. The van der Waals surface area contributed by atoms with Crippen LogP contribution < -0.4 is 11.1 Å². The van der Waals surface area contributed by atoms with Crippen molar-refractivity contribution in [2.45, 2.75) is 6.54 Å². The molecule has 6 heteroatoms. The topological polar surface area (TPSA) is 96.7 Å². The number of amides is 1. The Morgan fingerprint density at radius 2 is 2.31 bits per heavy atom. The molecule has 0 radical (unpaired) electrons. The molecule has 0 atom stereocenters. The fourth-order valence-corrected chi connectivity index (χ4v) is 1.21. The molecule has 2 aromatic rings. The van der Waals surface area contributed by atoms with Crippen LogP contribution in [-0.4, -0.2) is 21.1 Å². The van der Waals surface area contributed by atoms with Gasteiger partial charge in [-0.3, -0.25) is 9.89 Å². The minimum Gasteiger partial charge on any atom is -0.366 e. The first-order valence-electron chi connectivity index (χ1n) is 4.73. The van der Waals surface area contributed by atoms with E-state index in [4.69, 9.17) is 5.73 Å². The van der Waals surface area contributed by atoms with Crippen LogP contribution in [0.25, 0.3) is 0 Å². The molecule has 6 nitrogen and oxygen atoms in total. The third-order valence-corrected chi connectivity index (χ3v) is 2.08. The van der Waals surface area contributed by atoms with Gasteiger partial charge in [-0.1, -0.05) is 0 Å². The van der Waals surface area contributed by atoms with E-state index in [-0.39, 0.29) is 0 Å². The largest absolute Gasteiger partial charge is 0.366 e. The highest BCUT2D eigenvalue weighted by Gasteiger charge is 2.00. The highest BCUT2D eigenvalue weighted by atomic mass is 16.1. The number of rotatable bonds is 4. The van der Waals surface area contributed by atoms with E-state index in [1.165, 1.54) is 6.20 Å². The number of nitrogens with one attached hydrogen (secondary N) is 2. The van der Waals surface area contributed by atoms with Crippen molar-refractivity contribution in [3.05, 3.63) is 41.9 Å². The van der Waals surface area contributed by atoms with Crippen LogP contribution in [-0.2, 0) is 6.54 Å². The summed E-state index contributed by atoms with van der Waals surface area (Å²) in [5.74, 6) is 0.208. The number of nitrogens with zero attached hydrogens (tertiary/aromatic N) is 2. The Labute approximate surface area is 91.9 Å². The molecule has 0 fully saturated rings. The lowest BCUT2D eigenvalue weighted by Gasteiger charge is -2.03. The lowest BCUT2D eigenvalue weighted by Crippen LogP contribution is -2.11. The number of aromatic amines is 1. The van der Waals surface area contributed by atoms with Crippen LogP contribution in [0.5, 0.6) is 0 Å². The van der Waals surface area contributed by atoms with Gasteiger partial charge in [0.25, 0.3) is 0 Å². The van der Waals surface area contributed by atoms with E-state index in [9.17, 15) is 4.79 Å². The highest BCUT2D eigenvalue weighted by Crippen LogP contribution is 2.06. The van der Waals surface area contributed by atoms with Gasteiger partial charge in [-0.25, -0.2) is 4.98 Å². The number of aromatic nitrogens is 3. The Hall–Kier alpha value is -2.37. The summed E-state index contributed by atoms with van der Waals surface area (Å²) in [5, 5.41) is 9.63. The second-order valence-corrected chi connectivity index (χ2v) is 3.26. The van der Waals surface area contributed by atoms with Crippen molar-refractivity contribution in [1.29, 1.82) is 0 Å². The summed E-state index contributed by atoms with van der Waals surface area (Å²) in [6.45, 7) is 0.624. The minimum atomic E-state index is -0.478. The van der Waals surface area contributed by atoms with Crippen molar-refractivity contribution in [2.24, 2.45) is 5.73 Å². The zero-order valence-electron chi connectivity index (χ0n) is 8.47. The Balaban J connectivity index is 1.98. The van der Waals surface area contributed by atoms with Gasteiger partial charge >= 0.3 is 0 Å². The first kappa shape index (κ1) is 10.2. The summed E-state index contributed by atoms with van der Waals surface area (Å²) >= 11 is 0. The summed E-state index contributed by atoms with van der Waals surface area (Å²) in [6, 6.07) is 3.34. The normalized spacial score (nSPS) is 10.0. The highest BCUT2D eigenvalue weighted by molar-refractivity contribution is 5.92. The summed E-state index contributed by atoms with van der Waals surface area (Å²) in [6.07, 6.45) is 4.97. The SMILES string of the molecule is NC(=O)c1ccc(NCc2cn[nH]c2)nc1. The predicted molar refractivity (Wildman–Crippen MR) is 58.7 cm³/mol. The maximum absolute atomic E-state index is 10.8. The minimum absolute atomic E-state index is 0.397. The Bertz CT molecular complexity index is 462. The molecule has 2 aromatic heterocycles. The zero-order chi connectivity index (χ0) is 11.4. The molecule has 4 N–H and O–H groups in total. The van der Waals surface area contributed by atoms with Crippen LogP contribution in [0.2, 0.25) is 0 Å². The molecule has 0 aliphatic heterocycles. The molecule has 2 rings (SSSR count). The molecule has 0 aliphatic rings. The zero-order valence-corrected chi connectivity index (χ0v) is 8.47. The van der Waals surface area contributed by atoms with Crippen molar-refractivity contribution < 1.29 is 4.79 Å². The molecular formula is C10H11N5O. The van der Waals surface area contributed by atoms with Gasteiger partial charge in [0.05, 0.1) is 11.8 Å². The summed E-state index contributed by atoms with van der Waals surface area (Å²) in [5.41, 5.74) is 6.53. The maximum atomic E-state index is 10.8. The molecule has 0 saturated carbocycles. The van der Waals surface area contributed by atoms with Gasteiger partial charge in [-0.2, -0.15) is 5.10 Å². The molecule has 0 bridgehead atoms. The molecule has 82 valence electrons. The maximum Gasteiger partial charge on any atom is 0.250 e. The van der Waals surface area contributed by atoms with Gasteiger partial charge in [0.2, 0.25) is 5.91 Å². The predicted octanol–water partition coefficient (Wildman–Crippen LogP) is 0.516. The number of primary amides is 1. The molecule has 0 spiro atoms. The van der Waals surface area contributed by atoms with Crippen LogP contribution >= 0.6 is 0 Å². The lowest BCUT2D eigenvalue weighted by atomic mass is 10.2. The van der Waals surface area contributed by atoms with Crippen molar-refractivity contribution >= 4 is 11.7 Å². The third-order valence-electron chi connectivity index (χ3n) is 2.08. The number of pyridine rings is 1. The second-order valence-electron chi connectivity index (χ2n) is 3.26. The van der Waals surface area contributed by atoms with Crippen molar-refractivity contribution in [3.8, 4) is 0 Å². The Kier molecular flexibility index (Phi) is 2.81. The van der Waals surface area contributed by atoms with Crippen LogP contribution in [0.15, 0.2) is 30.7 Å². The number of hydrogen-bond acceptors (Lipinski definition) is 4. The summed E-state index contributed by atoms with van der Waals surface area (Å²) < 4.78 is 0. The number of nitrogens with two attached hydrogens (primary N) is 1. The van der Waals surface area contributed by atoms with Crippen molar-refractivity contribution in [2.75, 3.05) is 5.32 Å². The summed E-state index contributed by atoms with van der Waals surface area (Å²) in [7, 11) is 0. The van der Waals surface area contributed by atoms with Crippen LogP contribution in [0.3, 0.4) is 0 Å². The van der Waals surface area contributed by atoms with Gasteiger partial charge in [0.1, 0.15) is 5.82 Å². The van der Waals surface area contributed by atoms with Crippen molar-refractivity contribution in [3.63, 3.8) is 0 Å². The van der Waals surface area contributed by atoms with E-state index >= 15 is 0 Å². The van der Waals surface area contributed by atoms with Gasteiger partial charge in [0.15, 0.2) is 0 Å². The second kappa shape index (κ2) is 4.43. The standard InChI is InChI=1S/C10H11N5O/c11-10(16)8-1-2-9(13-6-8)12-3-7-4-14-15-5-7/h1-2,4-6H,3H2,(H2,11,16)(H,12,13)(H,14,15). The van der Waals surface area contributed by atoms with E-state index in [1.807, 2.05) is 0 Å². The smallest absolute Gasteiger partial charge is 0.250 e. The quantitative estimate of drug-likeness (QED) is 0.695. The molecule has 0 saturated heterocycles. The number of carbonyl (C=O) groups is 1. The summed E-state index contributed by atoms with van der Waals surface area (Å²) in [4.78, 5) is 14.9. The molecule has 0 aromatic carbocycles. The van der Waals surface area contributed by atoms with Gasteiger partial charge < -0.3 is 11.1 Å². The average molecular weight is 217 g/mol. The number of anilines is 1. The fraction of sp³-hybridized carbons (Fsp3) is 0.100. The van der Waals surface area contributed by atoms with E-state index < -0.39 is 5.91 Å². The lowest BCUT2D eigenvalue weighted by molar-refractivity contribution is 0.1000. The third kappa shape index (κ3) is 2.35. The Morgan fingerprint density at radius 1 is 1.44 bits per heavy atom. The molecule has 0 unspecified atom stereocenters. The van der Waals surface area contributed by atoms with Gasteiger partial charge in [-0.15, -0.1) is 0 Å². The fourth-order valence-electron chi connectivity index (χ4n) is 1.21.